The van der Waals surface area contributed by atoms with Crippen molar-refractivity contribution in [1.82, 2.24) is 0 Å². The lowest BCUT2D eigenvalue weighted by Crippen LogP contribution is -2.33. The SMILES string of the molecule is COC(=O)[C@@H](Cc1ccc(Cl)cc1)C(F)(F)F. The Hall–Kier alpha value is -1.23. The molecule has 0 spiro atoms. The third kappa shape index (κ3) is 3.93. The van der Waals surface area contributed by atoms with Crippen LogP contribution in [-0.4, -0.2) is 19.3 Å². The first-order valence-electron chi connectivity index (χ1n) is 4.73. The number of esters is 1. The summed E-state index contributed by atoms with van der Waals surface area (Å²) in [6, 6.07) is 5.84. The van der Waals surface area contributed by atoms with Gasteiger partial charge in [-0.15, -0.1) is 0 Å². The summed E-state index contributed by atoms with van der Waals surface area (Å²) >= 11 is 5.61. The van der Waals surface area contributed by atoms with Gasteiger partial charge in [0.15, 0.2) is 5.92 Å². The zero-order valence-electron chi connectivity index (χ0n) is 8.92. The number of hydrogen-bond acceptors (Lipinski definition) is 2. The van der Waals surface area contributed by atoms with Crippen LogP contribution in [0.25, 0.3) is 0 Å². The average molecular weight is 267 g/mol. The molecule has 0 heterocycles. The van der Waals surface area contributed by atoms with Crippen molar-refractivity contribution in [2.45, 2.75) is 12.6 Å². The van der Waals surface area contributed by atoms with Crippen LogP contribution in [0.2, 0.25) is 5.02 Å². The second-order valence-electron chi connectivity index (χ2n) is 3.45. The summed E-state index contributed by atoms with van der Waals surface area (Å²) < 4.78 is 41.9. The molecule has 0 radical (unpaired) electrons. The van der Waals surface area contributed by atoms with Gasteiger partial charge in [0.05, 0.1) is 7.11 Å². The quantitative estimate of drug-likeness (QED) is 0.785. The van der Waals surface area contributed by atoms with Gasteiger partial charge in [-0.05, 0) is 24.1 Å². The van der Waals surface area contributed by atoms with E-state index in [1.807, 2.05) is 0 Å². The average Bonchev–Trinajstić information content (AvgIpc) is 2.25. The van der Waals surface area contributed by atoms with Crippen LogP contribution in [0.3, 0.4) is 0 Å². The molecule has 0 aliphatic carbocycles. The number of hydrogen-bond donors (Lipinski definition) is 0. The summed E-state index contributed by atoms with van der Waals surface area (Å²) in [6.45, 7) is 0. The van der Waals surface area contributed by atoms with Crippen molar-refractivity contribution in [3.05, 3.63) is 34.9 Å². The molecule has 6 heteroatoms. The zero-order valence-corrected chi connectivity index (χ0v) is 9.68. The van der Waals surface area contributed by atoms with Gasteiger partial charge >= 0.3 is 12.1 Å². The second kappa shape index (κ2) is 5.40. The van der Waals surface area contributed by atoms with Gasteiger partial charge in [-0.1, -0.05) is 23.7 Å². The van der Waals surface area contributed by atoms with Gasteiger partial charge in [0.1, 0.15) is 0 Å². The van der Waals surface area contributed by atoms with Crippen LogP contribution in [-0.2, 0) is 16.0 Å². The standard InChI is InChI=1S/C11H10ClF3O2/c1-17-10(16)9(11(13,14)15)6-7-2-4-8(12)5-3-7/h2-5,9H,6H2,1H3/t9-/m1/s1. The molecular weight excluding hydrogens is 257 g/mol. The number of halogens is 4. The Morgan fingerprint density at radius 2 is 1.88 bits per heavy atom. The smallest absolute Gasteiger partial charge is 0.402 e. The molecule has 0 unspecified atom stereocenters. The number of methoxy groups -OCH3 is 1. The maximum absolute atomic E-state index is 12.6. The highest BCUT2D eigenvalue weighted by Crippen LogP contribution is 2.30. The molecule has 0 saturated carbocycles. The Balaban J connectivity index is 2.87. The minimum absolute atomic E-state index is 0.377. The summed E-state index contributed by atoms with van der Waals surface area (Å²) in [6.07, 6.45) is -5.07. The predicted octanol–water partition coefficient (Wildman–Crippen LogP) is 3.23. The van der Waals surface area contributed by atoms with Gasteiger partial charge in [-0.25, -0.2) is 0 Å². The van der Waals surface area contributed by atoms with Crippen molar-refractivity contribution in [2.24, 2.45) is 5.92 Å². The van der Waals surface area contributed by atoms with E-state index in [-0.39, 0.29) is 0 Å². The predicted molar refractivity (Wildman–Crippen MR) is 56.7 cm³/mol. The van der Waals surface area contributed by atoms with E-state index in [1.165, 1.54) is 24.3 Å². The van der Waals surface area contributed by atoms with Gasteiger partial charge in [-0.2, -0.15) is 13.2 Å². The zero-order chi connectivity index (χ0) is 13.1. The van der Waals surface area contributed by atoms with Crippen LogP contribution < -0.4 is 0 Å². The van der Waals surface area contributed by atoms with Crippen molar-refractivity contribution in [1.29, 1.82) is 0 Å². The Bertz CT molecular complexity index is 387. The molecular formula is C11H10ClF3O2. The van der Waals surface area contributed by atoms with E-state index < -0.39 is 24.5 Å². The first-order chi connectivity index (χ1) is 7.84. The normalized spacial score (nSPS) is 13.2. The topological polar surface area (TPSA) is 26.3 Å². The van der Waals surface area contributed by atoms with Gasteiger partial charge in [-0.3, -0.25) is 4.79 Å². The summed E-state index contributed by atoms with van der Waals surface area (Å²) in [4.78, 5) is 11.1. The molecule has 17 heavy (non-hydrogen) atoms. The molecule has 0 saturated heterocycles. The molecule has 0 N–H and O–H groups in total. The van der Waals surface area contributed by atoms with Gasteiger partial charge in [0, 0.05) is 5.02 Å². The van der Waals surface area contributed by atoms with Gasteiger partial charge in [0.2, 0.25) is 0 Å². The van der Waals surface area contributed by atoms with Gasteiger partial charge in [0.25, 0.3) is 0 Å². The Morgan fingerprint density at radius 3 is 2.29 bits per heavy atom. The molecule has 0 amide bonds. The van der Waals surface area contributed by atoms with Gasteiger partial charge < -0.3 is 4.74 Å². The molecule has 0 aliphatic heterocycles. The van der Waals surface area contributed by atoms with Crippen LogP contribution in [0.4, 0.5) is 13.2 Å². The third-order valence-electron chi connectivity index (χ3n) is 2.23. The van der Waals surface area contributed by atoms with Crippen molar-refractivity contribution in [2.75, 3.05) is 7.11 Å². The number of benzene rings is 1. The van der Waals surface area contributed by atoms with E-state index in [0.717, 1.165) is 7.11 Å². The van der Waals surface area contributed by atoms with Crippen LogP contribution in [0.1, 0.15) is 5.56 Å². The van der Waals surface area contributed by atoms with Crippen LogP contribution in [0.5, 0.6) is 0 Å². The van der Waals surface area contributed by atoms with Crippen molar-refractivity contribution in [3.63, 3.8) is 0 Å². The second-order valence-corrected chi connectivity index (χ2v) is 3.88. The summed E-state index contributed by atoms with van der Waals surface area (Å²) in [5.41, 5.74) is 0.377. The maximum atomic E-state index is 12.6. The minimum Gasteiger partial charge on any atom is -0.469 e. The van der Waals surface area contributed by atoms with Crippen molar-refractivity contribution < 1.29 is 22.7 Å². The minimum atomic E-state index is -4.62. The van der Waals surface area contributed by atoms with Crippen LogP contribution in [0, 0.1) is 5.92 Å². The summed E-state index contributed by atoms with van der Waals surface area (Å²) in [5.74, 6) is -3.43. The molecule has 0 bridgehead atoms. The Labute approximate surface area is 101 Å². The van der Waals surface area contributed by atoms with Crippen LogP contribution in [0.15, 0.2) is 24.3 Å². The lowest BCUT2D eigenvalue weighted by atomic mass is 9.99. The van der Waals surface area contributed by atoms with E-state index in [2.05, 4.69) is 4.74 Å². The van der Waals surface area contributed by atoms with Crippen molar-refractivity contribution in [3.8, 4) is 0 Å². The molecule has 94 valence electrons. The number of ether oxygens (including phenoxy) is 1. The van der Waals surface area contributed by atoms with Crippen molar-refractivity contribution >= 4 is 17.6 Å². The fraction of sp³-hybridized carbons (Fsp3) is 0.364. The lowest BCUT2D eigenvalue weighted by molar-refractivity contribution is -0.195. The number of carbonyl (C=O) groups excluding carboxylic acids is 1. The molecule has 1 rings (SSSR count). The monoisotopic (exact) mass is 266 g/mol. The van der Waals surface area contributed by atoms with E-state index in [1.54, 1.807) is 0 Å². The van der Waals surface area contributed by atoms with E-state index >= 15 is 0 Å². The summed E-state index contributed by atoms with van der Waals surface area (Å²) in [7, 11) is 0.933. The number of rotatable bonds is 3. The maximum Gasteiger partial charge on any atom is 0.402 e. The molecule has 0 fully saturated rings. The highest BCUT2D eigenvalue weighted by molar-refractivity contribution is 6.30. The van der Waals surface area contributed by atoms with Crippen LogP contribution >= 0.6 is 11.6 Å². The third-order valence-corrected chi connectivity index (χ3v) is 2.49. The first-order valence-corrected chi connectivity index (χ1v) is 5.11. The van der Waals surface area contributed by atoms with E-state index in [0.29, 0.717) is 10.6 Å². The van der Waals surface area contributed by atoms with E-state index in [4.69, 9.17) is 11.6 Å². The molecule has 1 aromatic rings. The highest BCUT2D eigenvalue weighted by Gasteiger charge is 2.45. The molecule has 1 atom stereocenters. The first kappa shape index (κ1) is 13.8. The molecule has 0 aliphatic rings. The fourth-order valence-corrected chi connectivity index (χ4v) is 1.46. The molecule has 0 aromatic heterocycles. The molecule has 1 aromatic carbocycles. The number of alkyl halides is 3. The fourth-order valence-electron chi connectivity index (χ4n) is 1.33. The lowest BCUT2D eigenvalue weighted by Gasteiger charge is -2.17. The Kier molecular flexibility index (Phi) is 4.40. The molecule has 2 nitrogen and oxygen atoms in total. The number of carbonyl (C=O) groups is 1. The van der Waals surface area contributed by atoms with E-state index in [9.17, 15) is 18.0 Å². The Morgan fingerprint density at radius 1 is 1.35 bits per heavy atom. The summed E-state index contributed by atoms with van der Waals surface area (Å²) in [5, 5.41) is 0.426. The highest BCUT2D eigenvalue weighted by atomic mass is 35.5. The largest absolute Gasteiger partial charge is 0.469 e.